The number of ketones is 1. The van der Waals surface area contributed by atoms with Gasteiger partial charge in [-0.1, -0.05) is 0 Å². The molecule has 1 fully saturated rings. The third kappa shape index (κ3) is 1.69. The van der Waals surface area contributed by atoms with Gasteiger partial charge in [0, 0.05) is 18.7 Å². The van der Waals surface area contributed by atoms with Crippen LogP contribution >= 0.6 is 11.8 Å². The highest BCUT2D eigenvalue weighted by Crippen LogP contribution is 2.05. The summed E-state index contributed by atoms with van der Waals surface area (Å²) in [5, 5.41) is 3.14. The Morgan fingerprint density at radius 2 is 2.67 bits per heavy atom. The van der Waals surface area contributed by atoms with Gasteiger partial charge in [0.15, 0.2) is 5.78 Å². The van der Waals surface area contributed by atoms with Crippen LogP contribution in [0.2, 0.25) is 0 Å². The molecule has 0 amide bonds. The molecule has 0 aromatic rings. The van der Waals surface area contributed by atoms with Gasteiger partial charge < -0.3 is 5.32 Å². The third-order valence-corrected chi connectivity index (χ3v) is 2.15. The van der Waals surface area contributed by atoms with Crippen molar-refractivity contribution in [3.05, 3.63) is 0 Å². The quantitative estimate of drug-likeness (QED) is 0.605. The van der Waals surface area contributed by atoms with Gasteiger partial charge in [-0.25, -0.2) is 0 Å². The van der Waals surface area contributed by atoms with Crippen molar-refractivity contribution in [1.29, 1.82) is 0 Å². The lowest BCUT2D eigenvalue weighted by Crippen LogP contribution is -2.29. The van der Waals surface area contributed by atoms with Gasteiger partial charge in [-0.2, -0.15) is 11.8 Å². The van der Waals surface area contributed by atoms with Crippen molar-refractivity contribution in [2.45, 2.75) is 12.5 Å². The average Bonchev–Trinajstić information content (AvgIpc) is 2.18. The Morgan fingerprint density at radius 3 is 3.11 bits per heavy atom. The molecule has 1 unspecified atom stereocenters. The molecule has 0 bridgehead atoms. The molecule has 1 aliphatic rings. The number of carbonyl (C=O) groups is 1. The molecule has 52 valence electrons. The zero-order valence-electron chi connectivity index (χ0n) is 5.52. The number of thioether (sulfide) groups is 1. The molecule has 1 rings (SSSR count). The van der Waals surface area contributed by atoms with E-state index in [-0.39, 0.29) is 6.04 Å². The van der Waals surface area contributed by atoms with E-state index >= 15 is 0 Å². The Kier molecular flexibility index (Phi) is 2.54. The Morgan fingerprint density at radius 1 is 1.89 bits per heavy atom. The normalized spacial score (nSPS) is 27.2. The highest BCUT2D eigenvalue weighted by Gasteiger charge is 2.22. The predicted octanol–water partition coefficient (Wildman–Crippen LogP) is 0.280. The molecule has 0 aromatic carbocycles. The fourth-order valence-electron chi connectivity index (χ4n) is 0.976. The summed E-state index contributed by atoms with van der Waals surface area (Å²) in [4.78, 5) is 10.9. The summed E-state index contributed by atoms with van der Waals surface area (Å²) in [6, 6.07) is 0.153. The van der Waals surface area contributed by atoms with Crippen LogP contribution in [0.25, 0.3) is 0 Å². The van der Waals surface area contributed by atoms with Crippen molar-refractivity contribution in [3.8, 4) is 0 Å². The Hall–Kier alpha value is -0.0200. The summed E-state index contributed by atoms with van der Waals surface area (Å²) in [6.07, 6.45) is 2.75. The van der Waals surface area contributed by atoms with Gasteiger partial charge in [0.25, 0.3) is 0 Å². The number of nitrogens with one attached hydrogen (secondary N) is 1. The molecule has 2 nitrogen and oxygen atoms in total. The molecule has 1 atom stereocenters. The van der Waals surface area contributed by atoms with Gasteiger partial charge in [-0.15, -0.1) is 0 Å². The van der Waals surface area contributed by atoms with Crippen LogP contribution in [-0.4, -0.2) is 30.4 Å². The first-order chi connectivity index (χ1) is 4.34. The maximum absolute atomic E-state index is 10.9. The maximum atomic E-state index is 10.9. The van der Waals surface area contributed by atoms with Crippen LogP contribution in [0.4, 0.5) is 0 Å². The smallest absolute Gasteiger partial charge is 0.151 e. The molecule has 0 radical (unpaired) electrons. The van der Waals surface area contributed by atoms with Crippen LogP contribution in [0.5, 0.6) is 0 Å². The first-order valence-electron chi connectivity index (χ1n) is 3.09. The second-order valence-electron chi connectivity index (χ2n) is 2.18. The van der Waals surface area contributed by atoms with E-state index in [2.05, 4.69) is 5.32 Å². The van der Waals surface area contributed by atoms with E-state index in [1.165, 1.54) is 0 Å². The fourth-order valence-corrected chi connectivity index (χ4v) is 1.61. The predicted molar refractivity (Wildman–Crippen MR) is 39.8 cm³/mol. The lowest BCUT2D eigenvalue weighted by Gasteiger charge is -2.03. The summed E-state index contributed by atoms with van der Waals surface area (Å²) in [6.45, 7) is 0.879. The van der Waals surface area contributed by atoms with Gasteiger partial charge in [-0.05, 0) is 6.26 Å². The van der Waals surface area contributed by atoms with Gasteiger partial charge in [0.05, 0.1) is 6.04 Å². The highest BCUT2D eigenvalue weighted by molar-refractivity contribution is 7.98. The third-order valence-electron chi connectivity index (χ3n) is 1.48. The molecule has 9 heavy (non-hydrogen) atoms. The zero-order valence-corrected chi connectivity index (χ0v) is 6.33. The lowest BCUT2D eigenvalue weighted by molar-refractivity contribution is -0.118. The van der Waals surface area contributed by atoms with Crippen molar-refractivity contribution in [1.82, 2.24) is 5.32 Å². The Labute approximate surface area is 59.4 Å². The van der Waals surface area contributed by atoms with Crippen molar-refractivity contribution < 1.29 is 4.79 Å². The van der Waals surface area contributed by atoms with Crippen molar-refractivity contribution >= 4 is 17.5 Å². The van der Waals surface area contributed by atoms with Gasteiger partial charge >= 0.3 is 0 Å². The van der Waals surface area contributed by atoms with E-state index in [1.54, 1.807) is 11.8 Å². The van der Waals surface area contributed by atoms with Crippen LogP contribution in [0.3, 0.4) is 0 Å². The summed E-state index contributed by atoms with van der Waals surface area (Å²) in [5.74, 6) is 1.31. The van der Waals surface area contributed by atoms with Gasteiger partial charge in [0.1, 0.15) is 0 Å². The van der Waals surface area contributed by atoms with Crippen molar-refractivity contribution in [2.75, 3.05) is 18.6 Å². The van der Waals surface area contributed by atoms with Crippen LogP contribution in [0.1, 0.15) is 6.42 Å². The number of rotatable bonds is 2. The molecule has 1 heterocycles. The minimum atomic E-state index is 0.153. The highest BCUT2D eigenvalue weighted by atomic mass is 32.2. The average molecular weight is 145 g/mol. The number of carbonyl (C=O) groups excluding carboxylic acids is 1. The van der Waals surface area contributed by atoms with E-state index in [9.17, 15) is 4.79 Å². The number of hydrogen-bond acceptors (Lipinski definition) is 3. The van der Waals surface area contributed by atoms with E-state index in [4.69, 9.17) is 0 Å². The van der Waals surface area contributed by atoms with Crippen LogP contribution < -0.4 is 5.32 Å². The second-order valence-corrected chi connectivity index (χ2v) is 3.09. The standard InChI is InChI=1S/C6H11NOS/c1-9-4-5-6(8)2-3-7-5/h5,7H,2-4H2,1H3. The molecular formula is C6H11NOS. The van der Waals surface area contributed by atoms with Gasteiger partial charge in [-0.3, -0.25) is 4.79 Å². The van der Waals surface area contributed by atoms with Crippen molar-refractivity contribution in [3.63, 3.8) is 0 Å². The molecule has 0 aliphatic carbocycles. The van der Waals surface area contributed by atoms with E-state index in [0.29, 0.717) is 5.78 Å². The second kappa shape index (κ2) is 3.22. The van der Waals surface area contributed by atoms with E-state index in [0.717, 1.165) is 18.7 Å². The summed E-state index contributed by atoms with van der Waals surface area (Å²) >= 11 is 1.72. The Bertz CT molecular complexity index is 116. The first kappa shape index (κ1) is 7.09. The topological polar surface area (TPSA) is 29.1 Å². The molecule has 0 aromatic heterocycles. The van der Waals surface area contributed by atoms with Crippen molar-refractivity contribution in [2.24, 2.45) is 0 Å². The molecule has 0 saturated carbocycles. The zero-order chi connectivity index (χ0) is 6.69. The summed E-state index contributed by atoms with van der Waals surface area (Å²) < 4.78 is 0. The minimum absolute atomic E-state index is 0.153. The molecular weight excluding hydrogens is 134 g/mol. The lowest BCUT2D eigenvalue weighted by atomic mass is 10.2. The van der Waals surface area contributed by atoms with E-state index in [1.807, 2.05) is 6.26 Å². The van der Waals surface area contributed by atoms with Crippen LogP contribution in [0, 0.1) is 0 Å². The molecule has 1 saturated heterocycles. The monoisotopic (exact) mass is 145 g/mol. The fraction of sp³-hybridized carbons (Fsp3) is 0.833. The summed E-state index contributed by atoms with van der Waals surface area (Å²) in [5.41, 5.74) is 0. The van der Waals surface area contributed by atoms with E-state index < -0.39 is 0 Å². The van der Waals surface area contributed by atoms with Gasteiger partial charge in [0.2, 0.25) is 0 Å². The SMILES string of the molecule is CSCC1NCCC1=O. The molecule has 1 aliphatic heterocycles. The van der Waals surface area contributed by atoms with Crippen LogP contribution in [-0.2, 0) is 4.79 Å². The number of Topliss-reactive ketones (excluding diaryl/α,β-unsaturated/α-hetero) is 1. The summed E-state index contributed by atoms with van der Waals surface area (Å²) in [7, 11) is 0. The minimum Gasteiger partial charge on any atom is -0.306 e. The molecule has 1 N–H and O–H groups in total. The largest absolute Gasteiger partial charge is 0.306 e. The van der Waals surface area contributed by atoms with Crippen LogP contribution in [0.15, 0.2) is 0 Å². The first-order valence-corrected chi connectivity index (χ1v) is 4.49. The maximum Gasteiger partial charge on any atom is 0.151 e. The molecule has 0 spiro atoms. The Balaban J connectivity index is 2.31. The molecule has 3 heteroatoms. The number of hydrogen-bond donors (Lipinski definition) is 1.